The Hall–Kier alpha value is -1.55. The quantitative estimate of drug-likeness (QED) is 0.569. The van der Waals surface area contributed by atoms with Crippen LogP contribution in [0.3, 0.4) is 0 Å². The molecular weight excluding hydrogens is 404 g/mol. The molecule has 0 amide bonds. The fraction of sp³-hybridized carbons (Fsp3) is 0.696. The van der Waals surface area contributed by atoms with Crippen molar-refractivity contribution in [3.05, 3.63) is 35.4 Å². The van der Waals surface area contributed by atoms with E-state index in [2.05, 4.69) is 0 Å². The largest absolute Gasteiger partial charge is 0.461 e. The SMILES string of the molecule is O=C1OCc2ccccc2COCCOCCOCCOCCOCCOC[C@@H]2C[C@H]12. The average molecular weight is 439 g/mol. The second-order valence-electron chi connectivity index (χ2n) is 7.56. The summed E-state index contributed by atoms with van der Waals surface area (Å²) in [7, 11) is 0. The van der Waals surface area contributed by atoms with Crippen LogP contribution in [0.25, 0.3) is 0 Å². The summed E-state index contributed by atoms with van der Waals surface area (Å²) in [5.74, 6) is 0.0225. The van der Waals surface area contributed by atoms with Crippen molar-refractivity contribution in [1.29, 1.82) is 0 Å². The summed E-state index contributed by atoms with van der Waals surface area (Å²) in [4.78, 5) is 12.3. The fourth-order valence-corrected chi connectivity index (χ4v) is 3.23. The van der Waals surface area contributed by atoms with E-state index in [0.29, 0.717) is 79.3 Å². The lowest BCUT2D eigenvalue weighted by molar-refractivity contribution is -0.147. The molecule has 31 heavy (non-hydrogen) atoms. The van der Waals surface area contributed by atoms with Gasteiger partial charge in [0.15, 0.2) is 0 Å². The van der Waals surface area contributed by atoms with E-state index >= 15 is 0 Å². The molecule has 0 aromatic heterocycles. The van der Waals surface area contributed by atoms with E-state index < -0.39 is 0 Å². The van der Waals surface area contributed by atoms with E-state index in [1.54, 1.807) is 0 Å². The third-order valence-corrected chi connectivity index (χ3v) is 5.16. The van der Waals surface area contributed by atoms with Crippen LogP contribution in [-0.2, 0) is 51.2 Å². The van der Waals surface area contributed by atoms with Gasteiger partial charge in [-0.25, -0.2) is 0 Å². The van der Waals surface area contributed by atoms with Crippen LogP contribution in [0.15, 0.2) is 24.3 Å². The lowest BCUT2D eigenvalue weighted by Gasteiger charge is -2.11. The van der Waals surface area contributed by atoms with Gasteiger partial charge in [0.1, 0.15) is 6.61 Å². The molecule has 1 aliphatic heterocycles. The van der Waals surface area contributed by atoms with Crippen molar-refractivity contribution < 1.29 is 38.0 Å². The zero-order chi connectivity index (χ0) is 21.6. The minimum atomic E-state index is -0.154. The number of cyclic esters (lactones) is 1. The lowest BCUT2D eigenvalue weighted by Crippen LogP contribution is -2.14. The molecule has 1 heterocycles. The van der Waals surface area contributed by atoms with Gasteiger partial charge < -0.3 is 33.2 Å². The first kappa shape index (κ1) is 24.1. The minimum absolute atomic E-state index is 0.0634. The van der Waals surface area contributed by atoms with Crippen molar-refractivity contribution >= 4 is 5.97 Å². The second-order valence-corrected chi connectivity index (χ2v) is 7.56. The third kappa shape index (κ3) is 9.64. The van der Waals surface area contributed by atoms with E-state index in [4.69, 9.17) is 33.2 Å². The van der Waals surface area contributed by atoms with Gasteiger partial charge in [0, 0.05) is 0 Å². The Balaban J connectivity index is 1.42. The van der Waals surface area contributed by atoms with E-state index in [9.17, 15) is 4.79 Å². The Bertz CT molecular complexity index is 638. The monoisotopic (exact) mass is 438 g/mol. The van der Waals surface area contributed by atoms with Crippen molar-refractivity contribution in [3.63, 3.8) is 0 Å². The number of esters is 1. The molecule has 2 atom stereocenters. The van der Waals surface area contributed by atoms with Gasteiger partial charge in [0.05, 0.1) is 85.2 Å². The van der Waals surface area contributed by atoms with Gasteiger partial charge in [0.2, 0.25) is 0 Å². The molecule has 1 aromatic rings. The lowest BCUT2D eigenvalue weighted by atomic mass is 10.1. The van der Waals surface area contributed by atoms with Gasteiger partial charge in [-0.2, -0.15) is 0 Å². The highest BCUT2D eigenvalue weighted by Gasteiger charge is 2.44. The van der Waals surface area contributed by atoms with Crippen molar-refractivity contribution in [2.24, 2.45) is 11.8 Å². The minimum Gasteiger partial charge on any atom is -0.461 e. The number of carbonyl (C=O) groups is 1. The van der Waals surface area contributed by atoms with Crippen LogP contribution >= 0.6 is 0 Å². The second kappa shape index (κ2) is 14.5. The predicted octanol–water partition coefficient (Wildman–Crippen LogP) is 1.98. The maximum atomic E-state index is 12.3. The van der Waals surface area contributed by atoms with Crippen molar-refractivity contribution in [2.45, 2.75) is 19.6 Å². The van der Waals surface area contributed by atoms with Crippen LogP contribution in [0.1, 0.15) is 17.5 Å². The zero-order valence-corrected chi connectivity index (χ0v) is 18.1. The molecule has 8 nitrogen and oxygen atoms in total. The van der Waals surface area contributed by atoms with Crippen molar-refractivity contribution in [3.8, 4) is 0 Å². The van der Waals surface area contributed by atoms with Crippen molar-refractivity contribution in [1.82, 2.24) is 0 Å². The number of hydrogen-bond donors (Lipinski definition) is 0. The molecule has 0 N–H and O–H groups in total. The number of ether oxygens (including phenoxy) is 7. The summed E-state index contributed by atoms with van der Waals surface area (Å²) < 4.78 is 38.8. The average Bonchev–Trinajstić information content (AvgIpc) is 3.56. The number of carbonyl (C=O) groups excluding carboxylic acids is 1. The van der Waals surface area contributed by atoms with Gasteiger partial charge in [-0.15, -0.1) is 0 Å². The molecular formula is C23H34O8. The molecule has 0 spiro atoms. The highest BCUT2D eigenvalue weighted by atomic mass is 16.6. The van der Waals surface area contributed by atoms with Gasteiger partial charge in [0.25, 0.3) is 0 Å². The van der Waals surface area contributed by atoms with Crippen LogP contribution < -0.4 is 0 Å². The number of benzene rings is 1. The molecule has 174 valence electrons. The molecule has 0 radical (unpaired) electrons. The first-order valence-electron chi connectivity index (χ1n) is 11.0. The Morgan fingerprint density at radius 2 is 1.10 bits per heavy atom. The first-order chi connectivity index (χ1) is 15.3. The number of rotatable bonds is 0. The summed E-state index contributed by atoms with van der Waals surface area (Å²) in [6.45, 7) is 6.41. The number of hydrogen-bond acceptors (Lipinski definition) is 8. The van der Waals surface area contributed by atoms with Gasteiger partial charge in [-0.1, -0.05) is 24.3 Å². The predicted molar refractivity (Wildman–Crippen MR) is 112 cm³/mol. The van der Waals surface area contributed by atoms with E-state index in [0.717, 1.165) is 17.5 Å². The summed E-state index contributed by atoms with van der Waals surface area (Å²) in [5.41, 5.74) is 1.98. The maximum Gasteiger partial charge on any atom is 0.309 e. The smallest absolute Gasteiger partial charge is 0.309 e. The van der Waals surface area contributed by atoms with Gasteiger partial charge >= 0.3 is 5.97 Å². The third-order valence-electron chi connectivity index (χ3n) is 5.16. The Morgan fingerprint density at radius 3 is 1.68 bits per heavy atom. The maximum absolute atomic E-state index is 12.3. The number of fused-ring (bicyclic) bond motifs is 2. The standard InChI is InChI=1S/C23H34O8/c24-23-22-15-21(22)17-30-14-12-28-10-8-26-6-5-25-7-9-27-11-13-29-16-19-3-1-2-4-20(19)18-31-23/h1-4,21-22H,5-18H2/t21-,22-/m0/s1. The van der Waals surface area contributed by atoms with Crippen molar-refractivity contribution in [2.75, 3.05) is 72.7 Å². The van der Waals surface area contributed by atoms with E-state index in [1.807, 2.05) is 24.3 Å². The summed E-state index contributed by atoms with van der Waals surface area (Å²) >= 11 is 0. The fourth-order valence-electron chi connectivity index (χ4n) is 3.23. The van der Waals surface area contributed by atoms with E-state index in [1.165, 1.54) is 0 Å². The summed E-state index contributed by atoms with van der Waals surface area (Å²) in [5, 5.41) is 0. The molecule has 1 aliphatic carbocycles. The topological polar surface area (TPSA) is 81.7 Å². The molecule has 0 unspecified atom stereocenters. The molecule has 0 saturated heterocycles. The first-order valence-corrected chi connectivity index (χ1v) is 11.0. The molecule has 1 saturated carbocycles. The molecule has 1 fully saturated rings. The normalized spacial score (nSPS) is 26.4. The Kier molecular flexibility index (Phi) is 11.3. The van der Waals surface area contributed by atoms with Crippen LogP contribution in [0.2, 0.25) is 0 Å². The summed E-state index contributed by atoms with van der Waals surface area (Å²) in [6.07, 6.45) is 0.820. The van der Waals surface area contributed by atoms with Gasteiger partial charge in [-0.05, 0) is 23.5 Å². The molecule has 2 aliphatic rings. The molecule has 0 bridgehead atoms. The van der Waals surface area contributed by atoms with Crippen LogP contribution in [0.4, 0.5) is 0 Å². The van der Waals surface area contributed by atoms with E-state index in [-0.39, 0.29) is 24.4 Å². The molecule has 1 aromatic carbocycles. The van der Waals surface area contributed by atoms with Gasteiger partial charge in [-0.3, -0.25) is 4.79 Å². The highest BCUT2D eigenvalue weighted by Crippen LogP contribution is 2.39. The highest BCUT2D eigenvalue weighted by molar-refractivity contribution is 5.75. The van der Waals surface area contributed by atoms with Crippen LogP contribution in [0, 0.1) is 11.8 Å². The van der Waals surface area contributed by atoms with Crippen LogP contribution in [0.5, 0.6) is 0 Å². The molecule has 8 heteroatoms. The Labute approximate surface area is 184 Å². The Morgan fingerprint density at radius 1 is 0.613 bits per heavy atom. The zero-order valence-electron chi connectivity index (χ0n) is 18.1. The summed E-state index contributed by atoms with van der Waals surface area (Å²) in [6, 6.07) is 7.84. The molecule has 3 rings (SSSR count). The van der Waals surface area contributed by atoms with Crippen LogP contribution in [-0.4, -0.2) is 78.6 Å².